The summed E-state index contributed by atoms with van der Waals surface area (Å²) in [6.45, 7) is 1.04. The summed E-state index contributed by atoms with van der Waals surface area (Å²) in [6.07, 6.45) is 5.30. The second-order valence-corrected chi connectivity index (χ2v) is 8.13. The molecule has 0 atom stereocenters. The summed E-state index contributed by atoms with van der Waals surface area (Å²) in [5.74, 6) is -0.701. The molecule has 0 unspecified atom stereocenters. The summed E-state index contributed by atoms with van der Waals surface area (Å²) in [7, 11) is 1.37. The van der Waals surface area contributed by atoms with Crippen LogP contribution in [0.2, 0.25) is 5.02 Å². The summed E-state index contributed by atoms with van der Waals surface area (Å²) >= 11 is 5.88. The number of methoxy groups -OCH3 is 1. The number of carbonyl (C=O) groups is 3. The number of amides is 2. The molecule has 1 heterocycles. The molecule has 1 aromatic carbocycles. The van der Waals surface area contributed by atoms with E-state index >= 15 is 0 Å². The van der Waals surface area contributed by atoms with Gasteiger partial charge in [-0.25, -0.2) is 4.79 Å². The molecule has 1 aliphatic carbocycles. The monoisotopic (exact) mass is 406 g/mol. The average Bonchev–Trinajstić information content (AvgIpc) is 2.74. The van der Waals surface area contributed by atoms with Crippen molar-refractivity contribution in [1.82, 2.24) is 10.2 Å². The minimum absolute atomic E-state index is 0.0474. The first-order valence-corrected chi connectivity index (χ1v) is 10.3. The fraction of sp³-hybridized carbons (Fsp3) is 0.571. The number of ether oxygens (including phenoxy) is 1. The van der Waals surface area contributed by atoms with Crippen molar-refractivity contribution < 1.29 is 19.1 Å². The summed E-state index contributed by atoms with van der Waals surface area (Å²) in [5.41, 5.74) is -0.292. The van der Waals surface area contributed by atoms with Crippen molar-refractivity contribution in [2.75, 3.05) is 20.2 Å². The average molecular weight is 407 g/mol. The predicted octanol–water partition coefficient (Wildman–Crippen LogP) is 3.18. The van der Waals surface area contributed by atoms with E-state index < -0.39 is 5.54 Å². The zero-order valence-electron chi connectivity index (χ0n) is 16.2. The van der Waals surface area contributed by atoms with E-state index in [2.05, 4.69) is 5.32 Å². The van der Waals surface area contributed by atoms with Crippen LogP contribution >= 0.6 is 11.6 Å². The molecule has 152 valence electrons. The van der Waals surface area contributed by atoms with Gasteiger partial charge >= 0.3 is 5.97 Å². The first-order chi connectivity index (χ1) is 13.4. The molecule has 1 saturated carbocycles. The number of nitrogens with zero attached hydrogens (tertiary/aromatic N) is 1. The molecule has 28 heavy (non-hydrogen) atoms. The fourth-order valence-corrected chi connectivity index (χ4v) is 4.31. The Morgan fingerprint density at radius 1 is 1.07 bits per heavy atom. The van der Waals surface area contributed by atoms with E-state index in [0.29, 0.717) is 49.4 Å². The van der Waals surface area contributed by atoms with Crippen molar-refractivity contribution in [2.24, 2.45) is 5.92 Å². The smallest absolute Gasteiger partial charge is 0.331 e. The number of hydrogen-bond donors (Lipinski definition) is 1. The van der Waals surface area contributed by atoms with Crippen LogP contribution in [0.25, 0.3) is 0 Å². The molecule has 0 aromatic heterocycles. The number of piperidine rings is 1. The summed E-state index contributed by atoms with van der Waals surface area (Å²) < 4.78 is 4.97. The maximum absolute atomic E-state index is 12.8. The Morgan fingerprint density at radius 2 is 1.68 bits per heavy atom. The molecule has 0 bridgehead atoms. The van der Waals surface area contributed by atoms with E-state index in [9.17, 15) is 14.4 Å². The highest BCUT2D eigenvalue weighted by Gasteiger charge is 2.43. The van der Waals surface area contributed by atoms with Crippen LogP contribution in [0, 0.1) is 5.92 Å². The Bertz CT molecular complexity index is 720. The largest absolute Gasteiger partial charge is 0.467 e. The molecule has 2 fully saturated rings. The number of halogens is 1. The molecule has 3 rings (SSSR count). The van der Waals surface area contributed by atoms with Gasteiger partial charge in [0, 0.05) is 29.6 Å². The summed E-state index contributed by atoms with van der Waals surface area (Å²) in [4.78, 5) is 39.5. The van der Waals surface area contributed by atoms with Gasteiger partial charge in [-0.15, -0.1) is 0 Å². The van der Waals surface area contributed by atoms with E-state index in [1.54, 1.807) is 29.2 Å². The van der Waals surface area contributed by atoms with E-state index in [1.807, 2.05) is 0 Å². The van der Waals surface area contributed by atoms with Crippen molar-refractivity contribution in [3.63, 3.8) is 0 Å². The standard InChI is InChI=1S/C21H27ClN2O4/c1-28-20(27)21(11-3-2-4-12-21)23-18(25)15-9-13-24(14-10-15)19(26)16-5-7-17(22)8-6-16/h5-8,15H,2-4,9-14H2,1H3,(H,23,25). The van der Waals surface area contributed by atoms with Crippen molar-refractivity contribution in [3.05, 3.63) is 34.9 Å². The maximum atomic E-state index is 12.8. The van der Waals surface area contributed by atoms with Gasteiger partial charge in [0.05, 0.1) is 7.11 Å². The van der Waals surface area contributed by atoms with E-state index in [-0.39, 0.29) is 23.7 Å². The first-order valence-electron chi connectivity index (χ1n) is 9.90. The second-order valence-electron chi connectivity index (χ2n) is 7.70. The van der Waals surface area contributed by atoms with Gasteiger partial charge in [0.15, 0.2) is 0 Å². The van der Waals surface area contributed by atoms with Crippen molar-refractivity contribution in [1.29, 1.82) is 0 Å². The van der Waals surface area contributed by atoms with Crippen LogP contribution in [-0.4, -0.2) is 48.4 Å². The Hall–Kier alpha value is -2.08. The van der Waals surface area contributed by atoms with Gasteiger partial charge in [-0.2, -0.15) is 0 Å². The maximum Gasteiger partial charge on any atom is 0.331 e. The molecule has 1 aromatic rings. The van der Waals surface area contributed by atoms with E-state index in [1.165, 1.54) is 7.11 Å². The molecule has 7 heteroatoms. The topological polar surface area (TPSA) is 75.7 Å². The van der Waals surface area contributed by atoms with Gasteiger partial charge in [-0.3, -0.25) is 9.59 Å². The second kappa shape index (κ2) is 8.95. The molecule has 1 N–H and O–H groups in total. The normalized spacial score (nSPS) is 19.7. The fourth-order valence-electron chi connectivity index (χ4n) is 4.19. The van der Waals surface area contributed by atoms with Gasteiger partial charge in [0.2, 0.25) is 5.91 Å². The molecule has 1 saturated heterocycles. The van der Waals surface area contributed by atoms with Crippen molar-refractivity contribution in [3.8, 4) is 0 Å². The number of hydrogen-bond acceptors (Lipinski definition) is 4. The van der Waals surface area contributed by atoms with Crippen LogP contribution in [-0.2, 0) is 14.3 Å². The minimum atomic E-state index is -0.889. The number of esters is 1. The van der Waals surface area contributed by atoms with Gasteiger partial charge < -0.3 is 15.0 Å². The summed E-state index contributed by atoms with van der Waals surface area (Å²) in [5, 5.41) is 3.60. The van der Waals surface area contributed by atoms with Gasteiger partial charge in [0.25, 0.3) is 5.91 Å². The zero-order chi connectivity index (χ0) is 20.1. The number of rotatable bonds is 4. The molecule has 2 amide bonds. The van der Waals surface area contributed by atoms with Crippen LogP contribution in [0.4, 0.5) is 0 Å². The molecule has 1 aliphatic heterocycles. The SMILES string of the molecule is COC(=O)C1(NC(=O)C2CCN(C(=O)c3ccc(Cl)cc3)CC2)CCCCC1. The van der Waals surface area contributed by atoms with Gasteiger partial charge in [-0.05, 0) is 49.9 Å². The zero-order valence-corrected chi connectivity index (χ0v) is 17.0. The van der Waals surface area contributed by atoms with Crippen molar-refractivity contribution >= 4 is 29.4 Å². The summed E-state index contributed by atoms with van der Waals surface area (Å²) in [6, 6.07) is 6.83. The number of nitrogens with one attached hydrogen (secondary N) is 1. The van der Waals surface area contributed by atoms with Crippen LogP contribution in [0.15, 0.2) is 24.3 Å². The Kier molecular flexibility index (Phi) is 6.60. The highest BCUT2D eigenvalue weighted by Crippen LogP contribution is 2.30. The van der Waals surface area contributed by atoms with E-state index in [0.717, 1.165) is 19.3 Å². The van der Waals surface area contributed by atoms with E-state index in [4.69, 9.17) is 16.3 Å². The highest BCUT2D eigenvalue weighted by molar-refractivity contribution is 6.30. The van der Waals surface area contributed by atoms with Crippen LogP contribution in [0.1, 0.15) is 55.3 Å². The first kappa shape index (κ1) is 20.6. The third kappa shape index (κ3) is 4.49. The number of benzene rings is 1. The Balaban J connectivity index is 1.58. The Labute approximate surface area is 170 Å². The number of likely N-dealkylation sites (tertiary alicyclic amines) is 1. The highest BCUT2D eigenvalue weighted by atomic mass is 35.5. The lowest BCUT2D eigenvalue weighted by Gasteiger charge is -2.38. The molecule has 0 spiro atoms. The third-order valence-electron chi connectivity index (χ3n) is 5.89. The van der Waals surface area contributed by atoms with Crippen molar-refractivity contribution in [2.45, 2.75) is 50.5 Å². The Morgan fingerprint density at radius 3 is 2.25 bits per heavy atom. The lowest BCUT2D eigenvalue weighted by molar-refractivity contribution is -0.153. The van der Waals surface area contributed by atoms with Crippen LogP contribution in [0.3, 0.4) is 0 Å². The predicted molar refractivity (Wildman–Crippen MR) is 106 cm³/mol. The quantitative estimate of drug-likeness (QED) is 0.779. The lowest BCUT2D eigenvalue weighted by Crippen LogP contribution is -2.58. The van der Waals surface area contributed by atoms with Crippen LogP contribution in [0.5, 0.6) is 0 Å². The molecule has 2 aliphatic rings. The van der Waals surface area contributed by atoms with Gasteiger partial charge in [-0.1, -0.05) is 30.9 Å². The molecule has 0 radical (unpaired) electrons. The minimum Gasteiger partial charge on any atom is -0.467 e. The molecular formula is C21H27ClN2O4. The number of carbonyl (C=O) groups excluding carboxylic acids is 3. The molecule has 6 nitrogen and oxygen atoms in total. The lowest BCUT2D eigenvalue weighted by atomic mass is 9.80. The van der Waals surface area contributed by atoms with Crippen LogP contribution < -0.4 is 5.32 Å². The van der Waals surface area contributed by atoms with Gasteiger partial charge in [0.1, 0.15) is 5.54 Å². The third-order valence-corrected chi connectivity index (χ3v) is 6.14. The molecular weight excluding hydrogens is 380 g/mol.